The van der Waals surface area contributed by atoms with Gasteiger partial charge in [-0.1, -0.05) is 54.6 Å². The van der Waals surface area contributed by atoms with E-state index in [2.05, 4.69) is 5.32 Å². The molecule has 1 heterocycles. The molecule has 5 nitrogen and oxygen atoms in total. The summed E-state index contributed by atoms with van der Waals surface area (Å²) in [6, 6.07) is 18.4. The highest BCUT2D eigenvalue weighted by molar-refractivity contribution is 6.08. The van der Waals surface area contributed by atoms with Gasteiger partial charge in [0.25, 0.3) is 0 Å². The molecular formula is C22H19NO4. The van der Waals surface area contributed by atoms with E-state index >= 15 is 0 Å². The van der Waals surface area contributed by atoms with E-state index in [0.29, 0.717) is 23.4 Å². The number of benzene rings is 3. The molecule has 0 aromatic heterocycles. The molecule has 0 amide bonds. The van der Waals surface area contributed by atoms with Crippen molar-refractivity contribution in [1.82, 2.24) is 0 Å². The summed E-state index contributed by atoms with van der Waals surface area (Å²) in [6.45, 7) is 2.03. The first-order valence-corrected chi connectivity index (χ1v) is 8.92. The highest BCUT2D eigenvalue weighted by atomic mass is 16.5. The number of carbonyl (C=O) groups excluding carboxylic acids is 2. The number of hydrogen-bond acceptors (Lipinski definition) is 5. The van der Waals surface area contributed by atoms with Crippen LogP contribution in [-0.4, -0.2) is 24.6 Å². The first-order chi connectivity index (χ1) is 13.2. The molecule has 1 atom stereocenters. The Morgan fingerprint density at radius 1 is 1.11 bits per heavy atom. The van der Waals surface area contributed by atoms with Gasteiger partial charge in [-0.25, -0.2) is 9.59 Å². The van der Waals surface area contributed by atoms with Crippen molar-refractivity contribution in [1.29, 1.82) is 0 Å². The van der Waals surface area contributed by atoms with Crippen molar-refractivity contribution in [2.24, 2.45) is 0 Å². The highest BCUT2D eigenvalue weighted by Crippen LogP contribution is 2.40. The number of nitrogens with one attached hydrogen (secondary N) is 1. The van der Waals surface area contributed by atoms with E-state index in [0.717, 1.165) is 16.3 Å². The molecule has 0 saturated heterocycles. The van der Waals surface area contributed by atoms with Crippen LogP contribution < -0.4 is 10.1 Å². The normalized spacial score (nSPS) is 15.6. The van der Waals surface area contributed by atoms with Crippen LogP contribution in [0.5, 0.6) is 5.75 Å². The predicted molar refractivity (Wildman–Crippen MR) is 103 cm³/mol. The SMILES string of the molecule is CCOC(=O)c1cc2ccccc2c2c1N[C@@H](Cc1ccccc1)C(=O)O2. The number of fused-ring (bicyclic) bond motifs is 3. The third kappa shape index (κ3) is 3.24. The van der Waals surface area contributed by atoms with Crippen LogP contribution in [0.3, 0.4) is 0 Å². The summed E-state index contributed by atoms with van der Waals surface area (Å²) in [7, 11) is 0. The summed E-state index contributed by atoms with van der Waals surface area (Å²) in [6.07, 6.45) is 0.466. The lowest BCUT2D eigenvalue weighted by atomic mass is 9.99. The van der Waals surface area contributed by atoms with Crippen LogP contribution in [0.25, 0.3) is 10.8 Å². The molecule has 0 bridgehead atoms. The fraction of sp³-hybridized carbons (Fsp3) is 0.182. The topological polar surface area (TPSA) is 64.6 Å². The molecule has 136 valence electrons. The largest absolute Gasteiger partial charge is 0.462 e. The molecule has 5 heteroatoms. The molecule has 0 saturated carbocycles. The van der Waals surface area contributed by atoms with Gasteiger partial charge in [-0.15, -0.1) is 0 Å². The van der Waals surface area contributed by atoms with E-state index in [1.165, 1.54) is 0 Å². The molecule has 27 heavy (non-hydrogen) atoms. The Kier molecular flexibility index (Phi) is 4.50. The van der Waals surface area contributed by atoms with Gasteiger partial charge >= 0.3 is 11.9 Å². The van der Waals surface area contributed by atoms with Crippen LogP contribution in [0.2, 0.25) is 0 Å². The van der Waals surface area contributed by atoms with Crippen molar-refractivity contribution in [2.45, 2.75) is 19.4 Å². The average Bonchev–Trinajstić information content (AvgIpc) is 2.69. The van der Waals surface area contributed by atoms with Crippen LogP contribution in [0, 0.1) is 0 Å². The quantitative estimate of drug-likeness (QED) is 0.563. The van der Waals surface area contributed by atoms with Crippen molar-refractivity contribution in [3.63, 3.8) is 0 Å². The smallest absolute Gasteiger partial charge is 0.340 e. The fourth-order valence-corrected chi connectivity index (χ4v) is 3.32. The first kappa shape index (κ1) is 17.1. The van der Waals surface area contributed by atoms with Crippen molar-refractivity contribution >= 4 is 28.4 Å². The van der Waals surface area contributed by atoms with Crippen LogP contribution in [0.4, 0.5) is 5.69 Å². The number of hydrogen-bond donors (Lipinski definition) is 1. The Hall–Kier alpha value is -3.34. The van der Waals surface area contributed by atoms with Gasteiger partial charge in [0.15, 0.2) is 5.75 Å². The molecule has 0 fully saturated rings. The van der Waals surface area contributed by atoms with Crippen molar-refractivity contribution in [3.8, 4) is 5.75 Å². The van der Waals surface area contributed by atoms with Gasteiger partial charge in [0.2, 0.25) is 0 Å². The molecule has 0 unspecified atom stereocenters. The van der Waals surface area contributed by atoms with Crippen molar-refractivity contribution in [2.75, 3.05) is 11.9 Å². The monoisotopic (exact) mass is 361 g/mol. The van der Waals surface area contributed by atoms with E-state index in [-0.39, 0.29) is 12.6 Å². The number of carbonyl (C=O) groups is 2. The maximum Gasteiger partial charge on any atom is 0.340 e. The lowest BCUT2D eigenvalue weighted by Gasteiger charge is -2.28. The van der Waals surface area contributed by atoms with Gasteiger partial charge in [0.1, 0.15) is 6.04 Å². The van der Waals surface area contributed by atoms with Crippen LogP contribution in [-0.2, 0) is 16.0 Å². The summed E-state index contributed by atoms with van der Waals surface area (Å²) in [5, 5.41) is 4.81. The van der Waals surface area contributed by atoms with Crippen molar-refractivity contribution in [3.05, 3.63) is 71.8 Å². The fourth-order valence-electron chi connectivity index (χ4n) is 3.32. The lowest BCUT2D eigenvalue weighted by Crippen LogP contribution is -2.39. The van der Waals surface area contributed by atoms with Crippen LogP contribution in [0.15, 0.2) is 60.7 Å². The Bertz CT molecular complexity index is 1010. The first-order valence-electron chi connectivity index (χ1n) is 8.92. The molecular weight excluding hydrogens is 342 g/mol. The van der Waals surface area contributed by atoms with Gasteiger partial charge in [-0.05, 0) is 23.9 Å². The molecule has 3 aromatic carbocycles. The van der Waals surface area contributed by atoms with E-state index in [1.807, 2.05) is 54.6 Å². The van der Waals surface area contributed by atoms with Gasteiger partial charge in [-0.3, -0.25) is 0 Å². The summed E-state index contributed by atoms with van der Waals surface area (Å²) < 4.78 is 10.9. The highest BCUT2D eigenvalue weighted by Gasteiger charge is 2.32. The number of ether oxygens (including phenoxy) is 2. The van der Waals surface area contributed by atoms with E-state index in [9.17, 15) is 9.59 Å². The number of anilines is 1. The van der Waals surface area contributed by atoms with Crippen LogP contribution >= 0.6 is 0 Å². The van der Waals surface area contributed by atoms with Crippen LogP contribution in [0.1, 0.15) is 22.8 Å². The zero-order valence-electron chi connectivity index (χ0n) is 14.9. The summed E-state index contributed by atoms with van der Waals surface area (Å²) in [5.41, 5.74) is 1.89. The van der Waals surface area contributed by atoms with E-state index < -0.39 is 12.0 Å². The van der Waals surface area contributed by atoms with Gasteiger partial charge in [-0.2, -0.15) is 0 Å². The van der Waals surface area contributed by atoms with Gasteiger partial charge in [0.05, 0.1) is 17.9 Å². The minimum atomic E-state index is -0.575. The molecule has 0 spiro atoms. The van der Waals surface area contributed by atoms with Crippen molar-refractivity contribution < 1.29 is 19.1 Å². The Morgan fingerprint density at radius 3 is 2.63 bits per heavy atom. The second kappa shape index (κ2) is 7.11. The zero-order valence-corrected chi connectivity index (χ0v) is 14.9. The third-order valence-electron chi connectivity index (χ3n) is 4.59. The molecule has 1 aliphatic rings. The third-order valence-corrected chi connectivity index (χ3v) is 4.59. The second-order valence-corrected chi connectivity index (χ2v) is 6.38. The van der Waals surface area contributed by atoms with Gasteiger partial charge < -0.3 is 14.8 Å². The Balaban J connectivity index is 1.79. The van der Waals surface area contributed by atoms with E-state index in [4.69, 9.17) is 9.47 Å². The lowest BCUT2D eigenvalue weighted by molar-refractivity contribution is -0.135. The maximum atomic E-state index is 12.6. The molecule has 1 aliphatic heterocycles. The number of esters is 2. The predicted octanol–water partition coefficient (Wildman–Crippen LogP) is 3.96. The average molecular weight is 361 g/mol. The molecule has 0 radical (unpaired) electrons. The minimum Gasteiger partial charge on any atom is -0.462 e. The molecule has 4 rings (SSSR count). The summed E-state index contributed by atoms with van der Waals surface area (Å²) >= 11 is 0. The Morgan fingerprint density at radius 2 is 1.85 bits per heavy atom. The zero-order chi connectivity index (χ0) is 18.8. The standard InChI is InChI=1S/C22H19NO4/c1-2-26-21(24)17-13-15-10-6-7-11-16(15)20-19(17)23-18(22(25)27-20)12-14-8-4-3-5-9-14/h3-11,13,18,23H,2,12H2,1H3/t18-/m0/s1. The Labute approximate surface area is 156 Å². The van der Waals surface area contributed by atoms with E-state index in [1.54, 1.807) is 13.0 Å². The molecule has 1 N–H and O–H groups in total. The van der Waals surface area contributed by atoms with Gasteiger partial charge in [0, 0.05) is 11.8 Å². The summed E-state index contributed by atoms with van der Waals surface area (Å²) in [5.74, 6) is -0.425. The maximum absolute atomic E-state index is 12.6. The summed E-state index contributed by atoms with van der Waals surface area (Å²) in [4.78, 5) is 25.1. The second-order valence-electron chi connectivity index (χ2n) is 6.38. The molecule has 0 aliphatic carbocycles. The number of rotatable bonds is 4. The minimum absolute atomic E-state index is 0.271. The molecule has 3 aromatic rings.